The molecule has 1 atom stereocenters. The van der Waals surface area contributed by atoms with Crippen LogP contribution in [0.15, 0.2) is 16.7 Å². The molecule has 1 heterocycles. The molecule has 88 valence electrons. The Balaban J connectivity index is 2.73. The van der Waals surface area contributed by atoms with E-state index in [0.29, 0.717) is 28.3 Å². The molecule has 1 aromatic rings. The van der Waals surface area contributed by atoms with Crippen LogP contribution in [0.2, 0.25) is 5.15 Å². The molecule has 1 amide bonds. The normalized spacial score (nSPS) is 12.2. The highest BCUT2D eigenvalue weighted by Crippen LogP contribution is 2.23. The third kappa shape index (κ3) is 3.43. The molecule has 1 aromatic heterocycles. The van der Waals surface area contributed by atoms with Gasteiger partial charge in [-0.1, -0.05) is 18.5 Å². The van der Waals surface area contributed by atoms with Crippen molar-refractivity contribution in [3.05, 3.63) is 21.9 Å². The lowest BCUT2D eigenvalue weighted by Gasteiger charge is -2.12. The third-order valence-corrected chi connectivity index (χ3v) is 3.35. The van der Waals surface area contributed by atoms with Crippen LogP contribution in [0, 0.1) is 5.92 Å². The van der Waals surface area contributed by atoms with Crippen molar-refractivity contribution in [2.45, 2.75) is 13.3 Å². The van der Waals surface area contributed by atoms with Crippen LogP contribution in [0.3, 0.4) is 0 Å². The highest BCUT2D eigenvalue weighted by Gasteiger charge is 2.14. The number of carbonyl (C=O) groups is 1. The molecule has 0 fully saturated rings. The minimum absolute atomic E-state index is 0.0963. The monoisotopic (exact) mass is 305 g/mol. The van der Waals surface area contributed by atoms with Crippen molar-refractivity contribution in [1.29, 1.82) is 0 Å². The van der Waals surface area contributed by atoms with Crippen LogP contribution in [0.25, 0.3) is 0 Å². The van der Waals surface area contributed by atoms with E-state index in [0.717, 1.165) is 0 Å². The van der Waals surface area contributed by atoms with Crippen molar-refractivity contribution in [3.63, 3.8) is 0 Å². The van der Waals surface area contributed by atoms with E-state index in [1.165, 1.54) is 6.20 Å². The van der Waals surface area contributed by atoms with Gasteiger partial charge in [0.2, 0.25) is 5.91 Å². The quantitative estimate of drug-likeness (QED) is 0.840. The second-order valence-corrected chi connectivity index (χ2v) is 4.54. The number of rotatable bonds is 4. The van der Waals surface area contributed by atoms with Crippen molar-refractivity contribution >= 4 is 39.1 Å². The van der Waals surface area contributed by atoms with Gasteiger partial charge in [-0.25, -0.2) is 4.98 Å². The highest BCUT2D eigenvalue weighted by atomic mass is 79.9. The number of aromatic nitrogens is 1. The Labute approximate surface area is 108 Å². The van der Waals surface area contributed by atoms with Crippen LogP contribution in [-0.2, 0) is 4.79 Å². The molecule has 0 aliphatic rings. The lowest BCUT2D eigenvalue weighted by molar-refractivity contribution is -0.119. The molecule has 0 bridgehead atoms. The van der Waals surface area contributed by atoms with Crippen LogP contribution in [0.4, 0.5) is 5.69 Å². The third-order valence-electron chi connectivity index (χ3n) is 2.21. The molecular formula is C10H13BrClN3O. The van der Waals surface area contributed by atoms with E-state index in [4.69, 9.17) is 17.3 Å². The van der Waals surface area contributed by atoms with E-state index in [1.807, 2.05) is 6.92 Å². The second-order valence-electron chi connectivity index (χ2n) is 3.33. The molecule has 16 heavy (non-hydrogen) atoms. The van der Waals surface area contributed by atoms with Crippen LogP contribution >= 0.6 is 27.5 Å². The number of halogens is 2. The van der Waals surface area contributed by atoms with Gasteiger partial charge in [0.15, 0.2) is 0 Å². The van der Waals surface area contributed by atoms with Crippen LogP contribution in [0.1, 0.15) is 13.3 Å². The molecule has 6 heteroatoms. The predicted molar refractivity (Wildman–Crippen MR) is 68.4 cm³/mol. The molecule has 0 saturated carbocycles. The fourth-order valence-electron chi connectivity index (χ4n) is 1.19. The summed E-state index contributed by atoms with van der Waals surface area (Å²) < 4.78 is 0.646. The molecule has 0 saturated heterocycles. The number of carbonyl (C=O) groups excluding carboxylic acids is 1. The Morgan fingerprint density at radius 1 is 1.75 bits per heavy atom. The topological polar surface area (TPSA) is 68.0 Å². The van der Waals surface area contributed by atoms with Crippen LogP contribution in [0.5, 0.6) is 0 Å². The first-order valence-corrected chi connectivity index (χ1v) is 6.07. The molecule has 0 spiro atoms. The summed E-state index contributed by atoms with van der Waals surface area (Å²) >= 11 is 8.98. The van der Waals surface area contributed by atoms with Gasteiger partial charge in [0.05, 0.1) is 22.3 Å². The van der Waals surface area contributed by atoms with E-state index in [1.54, 1.807) is 6.07 Å². The van der Waals surface area contributed by atoms with Gasteiger partial charge < -0.3 is 11.1 Å². The summed E-state index contributed by atoms with van der Waals surface area (Å²) in [5.41, 5.74) is 6.09. The maximum absolute atomic E-state index is 11.7. The molecule has 0 aromatic carbocycles. The number of hydrogen-bond acceptors (Lipinski definition) is 3. The number of nitrogens with two attached hydrogens (primary N) is 1. The zero-order valence-electron chi connectivity index (χ0n) is 8.84. The summed E-state index contributed by atoms with van der Waals surface area (Å²) in [6.45, 7) is 2.26. The largest absolute Gasteiger partial charge is 0.330 e. The van der Waals surface area contributed by atoms with Gasteiger partial charge >= 0.3 is 0 Å². The van der Waals surface area contributed by atoms with Gasteiger partial charge in [-0.05, 0) is 28.4 Å². The number of nitrogens with one attached hydrogen (secondary N) is 1. The van der Waals surface area contributed by atoms with Gasteiger partial charge in [-0.3, -0.25) is 4.79 Å². The molecule has 1 unspecified atom stereocenters. The Kier molecular flexibility index (Phi) is 5.18. The molecule has 0 aliphatic heterocycles. The maximum atomic E-state index is 11.7. The minimum atomic E-state index is -0.172. The van der Waals surface area contributed by atoms with Crippen molar-refractivity contribution in [1.82, 2.24) is 4.98 Å². The van der Waals surface area contributed by atoms with Crippen LogP contribution < -0.4 is 11.1 Å². The number of pyridine rings is 1. The number of anilines is 1. The van der Waals surface area contributed by atoms with E-state index < -0.39 is 0 Å². The van der Waals surface area contributed by atoms with Crippen molar-refractivity contribution < 1.29 is 4.79 Å². The van der Waals surface area contributed by atoms with E-state index >= 15 is 0 Å². The van der Waals surface area contributed by atoms with Crippen LogP contribution in [-0.4, -0.2) is 17.4 Å². The molecule has 1 rings (SSSR count). The average molecular weight is 307 g/mol. The molecule has 4 nitrogen and oxygen atoms in total. The lowest BCUT2D eigenvalue weighted by Crippen LogP contribution is -2.28. The minimum Gasteiger partial charge on any atom is -0.330 e. The zero-order chi connectivity index (χ0) is 12.1. The number of hydrogen-bond donors (Lipinski definition) is 2. The van der Waals surface area contributed by atoms with Gasteiger partial charge in [0.25, 0.3) is 0 Å². The molecule has 0 radical (unpaired) electrons. The van der Waals surface area contributed by atoms with Gasteiger partial charge in [0, 0.05) is 6.54 Å². The Morgan fingerprint density at radius 3 is 2.94 bits per heavy atom. The first-order chi connectivity index (χ1) is 7.58. The van der Waals surface area contributed by atoms with Crippen molar-refractivity contribution in [2.75, 3.05) is 11.9 Å². The molecule has 3 N–H and O–H groups in total. The lowest BCUT2D eigenvalue weighted by atomic mass is 10.1. The first-order valence-electron chi connectivity index (χ1n) is 4.90. The summed E-state index contributed by atoms with van der Waals surface area (Å²) in [6, 6.07) is 1.70. The summed E-state index contributed by atoms with van der Waals surface area (Å²) in [4.78, 5) is 15.6. The summed E-state index contributed by atoms with van der Waals surface area (Å²) in [7, 11) is 0. The average Bonchev–Trinajstić information content (AvgIpc) is 2.25. The molecular weight excluding hydrogens is 293 g/mol. The zero-order valence-corrected chi connectivity index (χ0v) is 11.2. The predicted octanol–water partition coefficient (Wildman–Crippen LogP) is 2.42. The Morgan fingerprint density at radius 2 is 2.44 bits per heavy atom. The smallest absolute Gasteiger partial charge is 0.228 e. The number of amides is 1. The van der Waals surface area contributed by atoms with Crippen molar-refractivity contribution in [3.8, 4) is 0 Å². The molecule has 0 aliphatic carbocycles. The van der Waals surface area contributed by atoms with Gasteiger partial charge in [-0.15, -0.1) is 0 Å². The Bertz CT molecular complexity index is 382. The summed E-state index contributed by atoms with van der Waals surface area (Å²) in [5, 5.41) is 3.11. The van der Waals surface area contributed by atoms with Gasteiger partial charge in [0.1, 0.15) is 5.15 Å². The van der Waals surface area contributed by atoms with E-state index in [2.05, 4.69) is 26.2 Å². The number of nitrogens with zero attached hydrogens (tertiary/aromatic N) is 1. The van der Waals surface area contributed by atoms with Gasteiger partial charge in [-0.2, -0.15) is 0 Å². The fraction of sp³-hybridized carbons (Fsp3) is 0.400. The standard InChI is InChI=1S/C10H13BrClN3O/c1-2-6(4-13)10(16)15-7-3-8(11)9(12)14-5-7/h3,5-6H,2,4,13H2,1H3,(H,15,16). The van der Waals surface area contributed by atoms with E-state index in [9.17, 15) is 4.79 Å². The maximum Gasteiger partial charge on any atom is 0.228 e. The highest BCUT2D eigenvalue weighted by molar-refractivity contribution is 9.10. The first kappa shape index (κ1) is 13.4. The SMILES string of the molecule is CCC(CN)C(=O)Nc1cnc(Cl)c(Br)c1. The Hall–Kier alpha value is -0.650. The fourth-order valence-corrected chi connectivity index (χ4v) is 1.65. The second kappa shape index (κ2) is 6.18. The summed E-state index contributed by atoms with van der Waals surface area (Å²) in [5.74, 6) is -0.268. The summed E-state index contributed by atoms with van der Waals surface area (Å²) in [6.07, 6.45) is 2.22. The van der Waals surface area contributed by atoms with Crippen molar-refractivity contribution in [2.24, 2.45) is 11.7 Å². The van der Waals surface area contributed by atoms with E-state index in [-0.39, 0.29) is 11.8 Å².